The summed E-state index contributed by atoms with van der Waals surface area (Å²) in [6.45, 7) is 2.32. The number of aryl methyl sites for hydroxylation is 1. The number of nitrogens with zero attached hydrogens (tertiary/aromatic N) is 2. The first-order chi connectivity index (χ1) is 16.0. The first-order valence-corrected chi connectivity index (χ1v) is 11.6. The van der Waals surface area contributed by atoms with Crippen molar-refractivity contribution in [3.63, 3.8) is 0 Å². The van der Waals surface area contributed by atoms with Crippen LogP contribution in [0.2, 0.25) is 0 Å². The zero-order valence-electron chi connectivity index (χ0n) is 18.5. The van der Waals surface area contributed by atoms with Crippen LogP contribution in [0, 0.1) is 0 Å². The molecule has 4 rings (SSSR count). The van der Waals surface area contributed by atoms with Gasteiger partial charge in [0.15, 0.2) is 0 Å². The number of carbonyl (C=O) groups excluding carboxylic acids is 3. The first kappa shape index (κ1) is 22.5. The van der Waals surface area contributed by atoms with E-state index in [4.69, 9.17) is 4.74 Å². The van der Waals surface area contributed by atoms with E-state index in [2.05, 4.69) is 12.2 Å². The molecule has 1 aromatic heterocycles. The van der Waals surface area contributed by atoms with E-state index in [-0.39, 0.29) is 18.9 Å². The number of carbonyl (C=O) groups is 3. The molecular weight excluding hydrogens is 438 g/mol. The first-order valence-electron chi connectivity index (χ1n) is 10.7. The van der Waals surface area contributed by atoms with Gasteiger partial charge >= 0.3 is 6.03 Å². The molecule has 7 nitrogen and oxygen atoms in total. The Morgan fingerprint density at radius 3 is 2.55 bits per heavy atom. The van der Waals surface area contributed by atoms with Crippen molar-refractivity contribution in [3.8, 4) is 5.75 Å². The normalized spacial score (nSPS) is 15.8. The fourth-order valence-electron chi connectivity index (χ4n) is 3.78. The number of hydrogen-bond donors (Lipinski definition) is 1. The summed E-state index contributed by atoms with van der Waals surface area (Å²) in [7, 11) is 1.52. The maximum atomic E-state index is 13.4. The molecule has 1 fully saturated rings. The Bertz CT molecular complexity index is 1140. The lowest BCUT2D eigenvalue weighted by Crippen LogP contribution is -2.37. The monoisotopic (exact) mass is 463 g/mol. The van der Waals surface area contributed by atoms with Crippen molar-refractivity contribution >= 4 is 40.6 Å². The van der Waals surface area contributed by atoms with Crippen molar-refractivity contribution in [2.75, 3.05) is 17.3 Å². The quantitative estimate of drug-likeness (QED) is 0.492. The van der Waals surface area contributed by atoms with Gasteiger partial charge in [0.1, 0.15) is 11.8 Å². The van der Waals surface area contributed by atoms with Gasteiger partial charge in [-0.1, -0.05) is 31.2 Å². The van der Waals surface area contributed by atoms with Crippen LogP contribution in [0.5, 0.6) is 5.75 Å². The van der Waals surface area contributed by atoms with E-state index in [1.165, 1.54) is 28.9 Å². The number of ether oxygens (including phenoxy) is 1. The average molecular weight is 464 g/mol. The number of benzene rings is 2. The molecule has 1 atom stereocenters. The number of nitrogens with one attached hydrogen (secondary N) is 1. The summed E-state index contributed by atoms with van der Waals surface area (Å²) in [4.78, 5) is 43.1. The van der Waals surface area contributed by atoms with Crippen LogP contribution in [0.3, 0.4) is 0 Å². The summed E-state index contributed by atoms with van der Waals surface area (Å²) in [5.74, 6) is -0.218. The summed E-state index contributed by atoms with van der Waals surface area (Å²) in [6, 6.07) is 16.8. The molecule has 1 aliphatic heterocycles. The number of thiophene rings is 1. The Morgan fingerprint density at radius 1 is 1.09 bits per heavy atom. The maximum absolute atomic E-state index is 13.4. The van der Waals surface area contributed by atoms with Gasteiger partial charge in [-0.25, -0.2) is 9.69 Å². The maximum Gasteiger partial charge on any atom is 0.332 e. The van der Waals surface area contributed by atoms with Gasteiger partial charge in [-0.15, -0.1) is 11.3 Å². The van der Waals surface area contributed by atoms with Gasteiger partial charge < -0.3 is 15.0 Å². The molecule has 1 saturated heterocycles. The Morgan fingerprint density at radius 2 is 1.88 bits per heavy atom. The smallest absolute Gasteiger partial charge is 0.332 e. The van der Waals surface area contributed by atoms with Gasteiger partial charge in [0, 0.05) is 16.6 Å². The second-order valence-corrected chi connectivity index (χ2v) is 8.72. The van der Waals surface area contributed by atoms with Gasteiger partial charge in [0.25, 0.3) is 5.91 Å². The number of imide groups is 1. The summed E-state index contributed by atoms with van der Waals surface area (Å²) in [5, 5.41) is 4.76. The van der Waals surface area contributed by atoms with Crippen molar-refractivity contribution in [2.24, 2.45) is 0 Å². The molecule has 0 saturated carbocycles. The molecule has 2 heterocycles. The van der Waals surface area contributed by atoms with Gasteiger partial charge in [-0.2, -0.15) is 0 Å². The molecule has 33 heavy (non-hydrogen) atoms. The number of methoxy groups -OCH3 is 1. The van der Waals surface area contributed by atoms with Crippen LogP contribution in [-0.2, 0) is 22.6 Å². The van der Waals surface area contributed by atoms with E-state index in [9.17, 15) is 14.4 Å². The Labute approximate surface area is 196 Å². The number of urea groups is 1. The Hall–Kier alpha value is -3.65. The predicted molar refractivity (Wildman–Crippen MR) is 129 cm³/mol. The lowest BCUT2D eigenvalue weighted by molar-refractivity contribution is -0.124. The lowest BCUT2D eigenvalue weighted by Gasteiger charge is -2.21. The minimum Gasteiger partial charge on any atom is -0.497 e. The highest BCUT2D eigenvalue weighted by Gasteiger charge is 2.46. The third-order valence-electron chi connectivity index (χ3n) is 5.56. The topological polar surface area (TPSA) is 79.0 Å². The van der Waals surface area contributed by atoms with Crippen molar-refractivity contribution < 1.29 is 19.1 Å². The zero-order valence-corrected chi connectivity index (χ0v) is 19.3. The molecule has 1 N–H and O–H groups in total. The molecule has 170 valence electrons. The number of hydrogen-bond acceptors (Lipinski definition) is 5. The highest BCUT2D eigenvalue weighted by Crippen LogP contribution is 2.31. The molecule has 2 aromatic carbocycles. The largest absolute Gasteiger partial charge is 0.497 e. The highest BCUT2D eigenvalue weighted by atomic mass is 32.1. The SMILES string of the molecule is CCc1ccc(NC(=O)CC2C(=O)N(c3cccc(OC)c3)C(=O)N2Cc2cccs2)cc1. The van der Waals surface area contributed by atoms with E-state index in [1.54, 1.807) is 24.3 Å². The number of rotatable bonds is 8. The summed E-state index contributed by atoms with van der Waals surface area (Å²) < 4.78 is 5.25. The molecule has 3 aromatic rings. The van der Waals surface area contributed by atoms with Gasteiger partial charge in [-0.05, 0) is 47.7 Å². The molecule has 0 aliphatic carbocycles. The fraction of sp³-hybridized carbons (Fsp3) is 0.240. The average Bonchev–Trinajstić information content (AvgIpc) is 3.42. The standard InChI is InChI=1S/C25H25N3O4S/c1-3-17-9-11-18(12-10-17)26-23(29)15-22-24(30)28(19-6-4-7-20(14-19)32-2)25(31)27(22)16-21-8-5-13-33-21/h4-14,22H,3,15-16H2,1-2H3,(H,26,29). The minimum atomic E-state index is -0.902. The number of amides is 4. The molecule has 1 aliphatic rings. The van der Waals surface area contributed by atoms with Crippen LogP contribution >= 0.6 is 11.3 Å². The van der Waals surface area contributed by atoms with Crippen LogP contribution in [0.1, 0.15) is 23.8 Å². The van der Waals surface area contributed by atoms with Crippen LogP contribution < -0.4 is 15.0 Å². The third-order valence-corrected chi connectivity index (χ3v) is 6.42. The minimum absolute atomic E-state index is 0.133. The summed E-state index contributed by atoms with van der Waals surface area (Å²) in [5.41, 5.74) is 2.24. The van der Waals surface area contributed by atoms with Crippen molar-refractivity contribution in [1.82, 2.24) is 4.90 Å². The zero-order chi connectivity index (χ0) is 23.4. The van der Waals surface area contributed by atoms with E-state index >= 15 is 0 Å². The van der Waals surface area contributed by atoms with Crippen LogP contribution in [-0.4, -0.2) is 35.9 Å². The highest BCUT2D eigenvalue weighted by molar-refractivity contribution is 7.09. The van der Waals surface area contributed by atoms with Crippen LogP contribution in [0.25, 0.3) is 0 Å². The van der Waals surface area contributed by atoms with Gasteiger partial charge in [0.2, 0.25) is 5.91 Å². The van der Waals surface area contributed by atoms with Gasteiger partial charge in [0.05, 0.1) is 25.8 Å². The number of anilines is 2. The van der Waals surface area contributed by atoms with Gasteiger partial charge in [-0.3, -0.25) is 9.59 Å². The van der Waals surface area contributed by atoms with Crippen molar-refractivity contribution in [3.05, 3.63) is 76.5 Å². The van der Waals surface area contributed by atoms with Crippen LogP contribution in [0.4, 0.5) is 16.2 Å². The fourth-order valence-corrected chi connectivity index (χ4v) is 4.49. The molecular formula is C25H25N3O4S. The van der Waals surface area contributed by atoms with Crippen molar-refractivity contribution in [2.45, 2.75) is 32.4 Å². The Kier molecular flexibility index (Phi) is 6.74. The summed E-state index contributed by atoms with van der Waals surface area (Å²) in [6.07, 6.45) is 0.774. The van der Waals surface area contributed by atoms with E-state index in [0.29, 0.717) is 17.1 Å². The Balaban J connectivity index is 1.57. The molecule has 0 radical (unpaired) electrons. The molecule has 0 spiro atoms. The third kappa shape index (κ3) is 4.90. The van der Waals surface area contributed by atoms with Crippen molar-refractivity contribution in [1.29, 1.82) is 0 Å². The second kappa shape index (κ2) is 9.87. The second-order valence-electron chi connectivity index (χ2n) is 7.68. The van der Waals surface area contributed by atoms with E-state index in [1.807, 2.05) is 41.8 Å². The van der Waals surface area contributed by atoms with E-state index < -0.39 is 18.0 Å². The summed E-state index contributed by atoms with van der Waals surface area (Å²) >= 11 is 1.50. The lowest BCUT2D eigenvalue weighted by atomic mass is 10.1. The van der Waals surface area contributed by atoms with Crippen LogP contribution in [0.15, 0.2) is 66.0 Å². The molecule has 0 bridgehead atoms. The predicted octanol–water partition coefficient (Wildman–Crippen LogP) is 4.69. The molecule has 8 heteroatoms. The molecule has 4 amide bonds. The molecule has 1 unspecified atom stereocenters. The van der Waals surface area contributed by atoms with E-state index in [0.717, 1.165) is 16.2 Å².